The van der Waals surface area contributed by atoms with E-state index in [1.54, 1.807) is 37.3 Å². The van der Waals surface area contributed by atoms with E-state index in [1.165, 1.54) is 0 Å². The van der Waals surface area contributed by atoms with Crippen LogP contribution in [0.5, 0.6) is 0 Å². The fraction of sp³-hybridized carbons (Fsp3) is 0.350. The molecule has 1 amide bonds. The molecular formula is C20H26N2O4S. The molecule has 2 rings (SSSR count). The molecule has 27 heavy (non-hydrogen) atoms. The molecule has 2 N–H and O–H groups in total. The molecule has 2 aromatic carbocycles. The molecule has 0 aromatic heterocycles. The van der Waals surface area contributed by atoms with Gasteiger partial charge in [0.05, 0.1) is 29.7 Å². The molecule has 0 bridgehead atoms. The smallest absolute Gasteiger partial charge is 0.257 e. The number of rotatable bonds is 9. The molecule has 2 aromatic rings. The van der Waals surface area contributed by atoms with E-state index in [9.17, 15) is 13.2 Å². The minimum atomic E-state index is -3.48. The lowest BCUT2D eigenvalue weighted by Gasteiger charge is -2.13. The third-order valence-corrected chi connectivity index (χ3v) is 5.15. The van der Waals surface area contributed by atoms with Crippen LogP contribution in [0.3, 0.4) is 0 Å². The average molecular weight is 391 g/mol. The third kappa shape index (κ3) is 6.69. The molecule has 0 aliphatic heterocycles. The predicted octanol–water partition coefficient (Wildman–Crippen LogP) is 4.02. The molecule has 0 saturated carbocycles. The molecule has 6 nitrogen and oxygen atoms in total. The molecular weight excluding hydrogens is 364 g/mol. The van der Waals surface area contributed by atoms with Gasteiger partial charge < -0.3 is 10.1 Å². The number of hydrogen-bond acceptors (Lipinski definition) is 4. The highest BCUT2D eigenvalue weighted by atomic mass is 32.2. The van der Waals surface area contributed by atoms with Crippen LogP contribution in [0.15, 0.2) is 48.5 Å². The molecule has 0 saturated heterocycles. The topological polar surface area (TPSA) is 84.5 Å². The fourth-order valence-corrected chi connectivity index (χ4v) is 3.61. The van der Waals surface area contributed by atoms with Crippen LogP contribution in [-0.4, -0.2) is 26.2 Å². The van der Waals surface area contributed by atoms with Gasteiger partial charge in [0.15, 0.2) is 0 Å². The maximum Gasteiger partial charge on any atom is 0.257 e. The van der Waals surface area contributed by atoms with Crippen LogP contribution in [0.1, 0.15) is 43.1 Å². The normalized spacial score (nSPS) is 11.4. The molecule has 0 radical (unpaired) electrons. The molecule has 0 fully saturated rings. The SMILES string of the molecule is CCCS(=O)(=O)Nc1ccccc1C(=O)Nc1cccc(COC(C)C)c1. The van der Waals surface area contributed by atoms with Crippen molar-refractivity contribution in [2.24, 2.45) is 0 Å². The first-order valence-corrected chi connectivity index (χ1v) is 10.6. The predicted molar refractivity (Wildman–Crippen MR) is 108 cm³/mol. The van der Waals surface area contributed by atoms with Crippen LogP contribution in [0.2, 0.25) is 0 Å². The molecule has 0 aliphatic rings. The number of hydrogen-bond donors (Lipinski definition) is 2. The van der Waals surface area contributed by atoms with Crippen molar-refractivity contribution < 1.29 is 17.9 Å². The van der Waals surface area contributed by atoms with Gasteiger partial charge in [-0.2, -0.15) is 0 Å². The third-order valence-electron chi connectivity index (χ3n) is 3.68. The lowest BCUT2D eigenvalue weighted by atomic mass is 10.1. The van der Waals surface area contributed by atoms with Gasteiger partial charge in [-0.15, -0.1) is 0 Å². The van der Waals surface area contributed by atoms with Gasteiger partial charge in [-0.05, 0) is 50.1 Å². The second kappa shape index (κ2) is 9.53. The summed E-state index contributed by atoms with van der Waals surface area (Å²) in [4.78, 5) is 12.7. The van der Waals surface area contributed by atoms with E-state index in [1.807, 2.05) is 32.0 Å². The Bertz CT molecular complexity index is 879. The van der Waals surface area contributed by atoms with E-state index in [0.717, 1.165) is 5.56 Å². The van der Waals surface area contributed by atoms with Gasteiger partial charge in [-0.3, -0.25) is 9.52 Å². The summed E-state index contributed by atoms with van der Waals surface area (Å²) >= 11 is 0. The summed E-state index contributed by atoms with van der Waals surface area (Å²) in [5, 5.41) is 2.82. The zero-order chi connectivity index (χ0) is 19.9. The first-order chi connectivity index (χ1) is 12.8. The Balaban J connectivity index is 2.16. The highest BCUT2D eigenvalue weighted by Crippen LogP contribution is 2.20. The molecule has 0 aliphatic carbocycles. The van der Waals surface area contributed by atoms with Crippen LogP contribution >= 0.6 is 0 Å². The van der Waals surface area contributed by atoms with Crippen molar-refractivity contribution >= 4 is 27.3 Å². The standard InChI is InChI=1S/C20H26N2O4S/c1-4-12-27(24,25)22-19-11-6-5-10-18(19)20(23)21-17-9-7-8-16(13-17)14-26-15(2)3/h5-11,13,15,22H,4,12,14H2,1-3H3,(H,21,23). The number of nitrogens with one attached hydrogen (secondary N) is 2. The van der Waals surface area contributed by atoms with Crippen molar-refractivity contribution in [3.05, 3.63) is 59.7 Å². The van der Waals surface area contributed by atoms with Crippen molar-refractivity contribution in [2.45, 2.75) is 39.9 Å². The Kier molecular flexibility index (Phi) is 7.38. The number of carbonyl (C=O) groups is 1. The molecule has 146 valence electrons. The van der Waals surface area contributed by atoms with E-state index in [2.05, 4.69) is 10.0 Å². The second-order valence-electron chi connectivity index (χ2n) is 6.48. The Morgan fingerprint density at radius 1 is 1.11 bits per heavy atom. The number of ether oxygens (including phenoxy) is 1. The summed E-state index contributed by atoms with van der Waals surface area (Å²) in [6, 6.07) is 13.9. The largest absolute Gasteiger partial charge is 0.374 e. The molecule has 0 atom stereocenters. The van der Waals surface area contributed by atoms with Gasteiger partial charge in [0.1, 0.15) is 0 Å². The maximum atomic E-state index is 12.7. The van der Waals surface area contributed by atoms with Crippen LogP contribution in [-0.2, 0) is 21.4 Å². The maximum absolute atomic E-state index is 12.7. The molecule has 7 heteroatoms. The van der Waals surface area contributed by atoms with Crippen molar-refractivity contribution in [2.75, 3.05) is 15.8 Å². The Hall–Kier alpha value is -2.38. The second-order valence-corrected chi connectivity index (χ2v) is 8.32. The van der Waals surface area contributed by atoms with Crippen LogP contribution < -0.4 is 10.0 Å². The Labute approximate surface area is 161 Å². The van der Waals surface area contributed by atoms with Gasteiger partial charge in [0, 0.05) is 5.69 Å². The van der Waals surface area contributed by atoms with E-state index in [4.69, 9.17) is 4.74 Å². The van der Waals surface area contributed by atoms with E-state index >= 15 is 0 Å². The summed E-state index contributed by atoms with van der Waals surface area (Å²) in [5.41, 5.74) is 2.10. The van der Waals surface area contributed by atoms with E-state index in [0.29, 0.717) is 18.7 Å². The molecule has 0 unspecified atom stereocenters. The van der Waals surface area contributed by atoms with Crippen molar-refractivity contribution in [3.63, 3.8) is 0 Å². The average Bonchev–Trinajstić information content (AvgIpc) is 2.60. The van der Waals surface area contributed by atoms with Crippen molar-refractivity contribution in [1.29, 1.82) is 0 Å². The number of para-hydroxylation sites is 1. The van der Waals surface area contributed by atoms with E-state index in [-0.39, 0.29) is 29.0 Å². The highest BCUT2D eigenvalue weighted by Gasteiger charge is 2.16. The summed E-state index contributed by atoms with van der Waals surface area (Å²) in [7, 11) is -3.48. The van der Waals surface area contributed by atoms with Gasteiger partial charge in [-0.1, -0.05) is 31.2 Å². The molecule has 0 spiro atoms. The fourth-order valence-electron chi connectivity index (χ4n) is 2.46. The highest BCUT2D eigenvalue weighted by molar-refractivity contribution is 7.92. The summed E-state index contributed by atoms with van der Waals surface area (Å²) in [5.74, 6) is -0.382. The monoisotopic (exact) mass is 390 g/mol. The van der Waals surface area contributed by atoms with Gasteiger partial charge in [-0.25, -0.2) is 8.42 Å². The summed E-state index contributed by atoms with van der Waals surface area (Å²) in [6.07, 6.45) is 0.612. The number of benzene rings is 2. The summed E-state index contributed by atoms with van der Waals surface area (Å²) < 4.78 is 32.2. The van der Waals surface area contributed by atoms with Gasteiger partial charge >= 0.3 is 0 Å². The number of anilines is 2. The number of sulfonamides is 1. The number of carbonyl (C=O) groups excluding carboxylic acids is 1. The Morgan fingerprint density at radius 2 is 1.85 bits per heavy atom. The van der Waals surface area contributed by atoms with Crippen LogP contribution in [0, 0.1) is 0 Å². The van der Waals surface area contributed by atoms with Crippen molar-refractivity contribution in [3.8, 4) is 0 Å². The van der Waals surface area contributed by atoms with Crippen molar-refractivity contribution in [1.82, 2.24) is 0 Å². The Morgan fingerprint density at radius 3 is 2.56 bits per heavy atom. The quantitative estimate of drug-likeness (QED) is 0.677. The number of amides is 1. The molecule has 0 heterocycles. The van der Waals surface area contributed by atoms with Gasteiger partial charge in [0.2, 0.25) is 10.0 Å². The van der Waals surface area contributed by atoms with Gasteiger partial charge in [0.25, 0.3) is 5.91 Å². The zero-order valence-electron chi connectivity index (χ0n) is 15.9. The minimum absolute atomic E-state index is 0.000843. The lowest BCUT2D eigenvalue weighted by Crippen LogP contribution is -2.20. The zero-order valence-corrected chi connectivity index (χ0v) is 16.7. The van der Waals surface area contributed by atoms with E-state index < -0.39 is 10.0 Å². The summed E-state index contributed by atoms with van der Waals surface area (Å²) in [6.45, 7) is 6.16. The first kappa shape index (κ1) is 20.9. The van der Waals surface area contributed by atoms with Crippen LogP contribution in [0.4, 0.5) is 11.4 Å². The first-order valence-electron chi connectivity index (χ1n) is 8.92. The lowest BCUT2D eigenvalue weighted by molar-refractivity contribution is 0.0657. The van der Waals surface area contributed by atoms with Crippen LogP contribution in [0.25, 0.3) is 0 Å². The minimum Gasteiger partial charge on any atom is -0.374 e.